The minimum atomic E-state index is -2.74. The molecule has 0 saturated carbocycles. The van der Waals surface area contributed by atoms with Gasteiger partial charge in [0.25, 0.3) is 0 Å². The van der Waals surface area contributed by atoms with Crippen molar-refractivity contribution < 1.29 is 34.4 Å². The lowest BCUT2D eigenvalue weighted by molar-refractivity contribution is -0.227. The molecule has 3 N–H and O–H groups in total. The Morgan fingerprint density at radius 3 is 2.11 bits per heavy atom. The molecule has 1 aliphatic rings. The van der Waals surface area contributed by atoms with Gasteiger partial charge in [-0.3, -0.25) is 14.4 Å². The lowest BCUT2D eigenvalue weighted by Crippen LogP contribution is -2.75. The number of rotatable bonds is 4. The zero-order valence-corrected chi connectivity index (χ0v) is 10.8. The molecule has 19 heavy (non-hydrogen) atoms. The Hall–Kier alpha value is -1.57. The molecule has 0 amide bonds. The third-order valence-corrected chi connectivity index (χ3v) is 3.34. The third-order valence-electron chi connectivity index (χ3n) is 3.34. The minimum absolute atomic E-state index is 0.871. The first kappa shape index (κ1) is 15.5. The van der Waals surface area contributed by atoms with Crippen molar-refractivity contribution in [3.05, 3.63) is 12.3 Å². The van der Waals surface area contributed by atoms with E-state index in [4.69, 9.17) is 4.74 Å². The maximum Gasteiger partial charge on any atom is 0.236 e. The van der Waals surface area contributed by atoms with E-state index in [1.165, 1.54) is 0 Å². The smallest absolute Gasteiger partial charge is 0.236 e. The second-order valence-electron chi connectivity index (χ2n) is 4.52. The SMILES string of the molecule is CC(=O)C(O)[C@@]1(C(C)=O)OC=C[C@@H](O)[C@@]1(O)C(C)=O. The van der Waals surface area contributed by atoms with Crippen LogP contribution in [0.5, 0.6) is 0 Å². The summed E-state index contributed by atoms with van der Waals surface area (Å²) < 4.78 is 4.97. The number of carbonyl (C=O) groups excluding carboxylic acids is 3. The number of aliphatic hydroxyl groups is 3. The van der Waals surface area contributed by atoms with Gasteiger partial charge in [0.15, 0.2) is 23.5 Å². The molecular weight excluding hydrogens is 256 g/mol. The molecule has 0 aliphatic carbocycles. The molecule has 0 aromatic rings. The van der Waals surface area contributed by atoms with Gasteiger partial charge >= 0.3 is 0 Å². The summed E-state index contributed by atoms with van der Waals surface area (Å²) in [7, 11) is 0. The van der Waals surface area contributed by atoms with Gasteiger partial charge in [-0.25, -0.2) is 0 Å². The maximum atomic E-state index is 11.8. The van der Waals surface area contributed by atoms with Crippen molar-refractivity contribution in [3.8, 4) is 0 Å². The lowest BCUT2D eigenvalue weighted by Gasteiger charge is -2.48. The summed E-state index contributed by atoms with van der Waals surface area (Å²) in [5.74, 6) is -2.83. The van der Waals surface area contributed by atoms with Crippen LogP contribution in [0.1, 0.15) is 20.8 Å². The molecule has 4 atom stereocenters. The van der Waals surface area contributed by atoms with Gasteiger partial charge in [0.2, 0.25) is 11.2 Å². The van der Waals surface area contributed by atoms with Gasteiger partial charge in [-0.15, -0.1) is 0 Å². The standard InChI is InChI=1S/C12H16O7/c1-6(13)10(17)12(8(3)15)11(18,7(2)14)9(16)4-5-19-12/h4-5,9-10,16-18H,1-3H3/t9-,10?,11+,12-/m1/s1. The quantitative estimate of drug-likeness (QED) is 0.568. The van der Waals surface area contributed by atoms with Crippen LogP contribution in [0.4, 0.5) is 0 Å². The van der Waals surface area contributed by atoms with Crippen LogP contribution in [-0.2, 0) is 19.1 Å². The molecule has 0 aromatic carbocycles. The molecule has 0 fully saturated rings. The van der Waals surface area contributed by atoms with Gasteiger partial charge in [-0.1, -0.05) is 0 Å². The Labute approximate surface area is 109 Å². The van der Waals surface area contributed by atoms with E-state index in [9.17, 15) is 29.7 Å². The highest BCUT2D eigenvalue weighted by molar-refractivity contribution is 6.03. The Morgan fingerprint density at radius 2 is 1.74 bits per heavy atom. The fraction of sp³-hybridized carbons (Fsp3) is 0.583. The van der Waals surface area contributed by atoms with Crippen molar-refractivity contribution in [2.24, 2.45) is 0 Å². The van der Waals surface area contributed by atoms with Crippen molar-refractivity contribution >= 4 is 17.3 Å². The van der Waals surface area contributed by atoms with Gasteiger partial charge in [0, 0.05) is 0 Å². The summed E-state index contributed by atoms with van der Waals surface area (Å²) in [6, 6.07) is 0. The Bertz CT molecular complexity index is 455. The third kappa shape index (κ3) is 1.90. The first-order chi connectivity index (χ1) is 8.62. The summed E-state index contributed by atoms with van der Waals surface area (Å²) in [6.07, 6.45) is -2.04. The van der Waals surface area contributed by atoms with Gasteiger partial charge in [0.1, 0.15) is 6.10 Å². The number of ketones is 3. The van der Waals surface area contributed by atoms with Crippen molar-refractivity contribution in [3.63, 3.8) is 0 Å². The Kier molecular flexibility index (Phi) is 3.94. The van der Waals surface area contributed by atoms with Crippen molar-refractivity contribution in [1.82, 2.24) is 0 Å². The summed E-state index contributed by atoms with van der Waals surface area (Å²) in [5.41, 5.74) is -5.29. The Balaban J connectivity index is 3.60. The van der Waals surface area contributed by atoms with E-state index in [2.05, 4.69) is 0 Å². The average molecular weight is 272 g/mol. The highest BCUT2D eigenvalue weighted by Crippen LogP contribution is 2.39. The number of aliphatic hydroxyl groups excluding tert-OH is 2. The minimum Gasteiger partial charge on any atom is -0.480 e. The summed E-state index contributed by atoms with van der Waals surface area (Å²) >= 11 is 0. The monoisotopic (exact) mass is 272 g/mol. The van der Waals surface area contributed by atoms with Gasteiger partial charge in [0.05, 0.1) is 6.26 Å². The van der Waals surface area contributed by atoms with E-state index >= 15 is 0 Å². The fourth-order valence-corrected chi connectivity index (χ4v) is 2.24. The predicted octanol–water partition coefficient (Wildman–Crippen LogP) is -1.51. The Morgan fingerprint density at radius 1 is 1.21 bits per heavy atom. The first-order valence-electron chi connectivity index (χ1n) is 5.57. The van der Waals surface area contributed by atoms with Crippen LogP contribution in [0.2, 0.25) is 0 Å². The zero-order valence-electron chi connectivity index (χ0n) is 10.8. The van der Waals surface area contributed by atoms with Gasteiger partial charge in [-0.05, 0) is 26.8 Å². The van der Waals surface area contributed by atoms with Crippen molar-refractivity contribution in [2.75, 3.05) is 0 Å². The average Bonchev–Trinajstić information content (AvgIpc) is 2.31. The molecule has 7 nitrogen and oxygen atoms in total. The highest BCUT2D eigenvalue weighted by Gasteiger charge is 2.68. The van der Waals surface area contributed by atoms with E-state index in [1.807, 2.05) is 0 Å². The molecule has 1 aliphatic heterocycles. The highest BCUT2D eigenvalue weighted by atomic mass is 16.5. The molecule has 0 aromatic heterocycles. The zero-order chi connectivity index (χ0) is 15.0. The van der Waals surface area contributed by atoms with E-state index in [0.717, 1.165) is 33.1 Å². The van der Waals surface area contributed by atoms with Crippen LogP contribution in [0.3, 0.4) is 0 Å². The van der Waals surface area contributed by atoms with Crippen LogP contribution < -0.4 is 0 Å². The molecule has 0 saturated heterocycles. The van der Waals surface area contributed by atoms with Gasteiger partial charge < -0.3 is 20.1 Å². The fourth-order valence-electron chi connectivity index (χ4n) is 2.24. The van der Waals surface area contributed by atoms with Crippen LogP contribution in [-0.4, -0.2) is 56.1 Å². The number of Topliss-reactive ketones (excluding diaryl/α,β-unsaturated/α-hetero) is 3. The molecule has 106 valence electrons. The van der Waals surface area contributed by atoms with Crippen LogP contribution >= 0.6 is 0 Å². The van der Waals surface area contributed by atoms with Crippen molar-refractivity contribution in [2.45, 2.75) is 44.2 Å². The predicted molar refractivity (Wildman–Crippen MR) is 62.0 cm³/mol. The van der Waals surface area contributed by atoms with E-state index < -0.39 is 40.8 Å². The van der Waals surface area contributed by atoms with Crippen molar-refractivity contribution in [1.29, 1.82) is 0 Å². The van der Waals surface area contributed by atoms with Crippen LogP contribution in [0.15, 0.2) is 12.3 Å². The first-order valence-corrected chi connectivity index (χ1v) is 5.57. The second kappa shape index (κ2) is 4.84. The van der Waals surface area contributed by atoms with Gasteiger partial charge in [-0.2, -0.15) is 0 Å². The lowest BCUT2D eigenvalue weighted by atomic mass is 9.68. The van der Waals surface area contributed by atoms with Crippen LogP contribution in [0.25, 0.3) is 0 Å². The van der Waals surface area contributed by atoms with E-state index in [-0.39, 0.29) is 0 Å². The normalized spacial score (nSPS) is 35.4. The summed E-state index contributed by atoms with van der Waals surface area (Å²) in [5, 5.41) is 30.1. The van der Waals surface area contributed by atoms with Crippen LogP contribution in [0, 0.1) is 0 Å². The molecule has 7 heteroatoms. The topological polar surface area (TPSA) is 121 Å². The molecule has 1 unspecified atom stereocenters. The molecular formula is C12H16O7. The van der Waals surface area contributed by atoms with E-state index in [1.54, 1.807) is 0 Å². The second-order valence-corrected chi connectivity index (χ2v) is 4.52. The number of hydrogen-bond acceptors (Lipinski definition) is 7. The molecule has 0 spiro atoms. The number of hydrogen-bond donors (Lipinski definition) is 3. The number of ether oxygens (including phenoxy) is 1. The molecule has 1 rings (SSSR count). The summed E-state index contributed by atoms with van der Waals surface area (Å²) in [6.45, 7) is 2.85. The maximum absolute atomic E-state index is 11.8. The molecule has 1 heterocycles. The largest absolute Gasteiger partial charge is 0.480 e. The summed E-state index contributed by atoms with van der Waals surface area (Å²) in [4.78, 5) is 34.9. The number of carbonyl (C=O) groups is 3. The van der Waals surface area contributed by atoms with E-state index in [0.29, 0.717) is 0 Å². The molecule has 0 radical (unpaired) electrons. The molecule has 0 bridgehead atoms.